The van der Waals surface area contributed by atoms with Gasteiger partial charge in [0.25, 0.3) is 0 Å². The molecule has 0 spiro atoms. The number of aliphatic imine (C=N–C) groups is 1. The van der Waals surface area contributed by atoms with Crippen LogP contribution in [-0.4, -0.2) is 36.6 Å². The molecule has 0 aromatic heterocycles. The van der Waals surface area contributed by atoms with Gasteiger partial charge in [0.15, 0.2) is 5.96 Å². The van der Waals surface area contributed by atoms with E-state index < -0.39 is 0 Å². The van der Waals surface area contributed by atoms with Crippen LogP contribution in [-0.2, 0) is 6.42 Å². The molecule has 1 atom stereocenters. The summed E-state index contributed by atoms with van der Waals surface area (Å²) in [6, 6.07) is 8.14. The summed E-state index contributed by atoms with van der Waals surface area (Å²) in [4.78, 5) is 6.48. The minimum Gasteiger partial charge on any atom is -0.497 e. The van der Waals surface area contributed by atoms with Crippen molar-refractivity contribution in [1.82, 2.24) is 4.90 Å². The van der Waals surface area contributed by atoms with Crippen LogP contribution in [0, 0.1) is 0 Å². The van der Waals surface area contributed by atoms with E-state index in [1.807, 2.05) is 18.2 Å². The highest BCUT2D eigenvalue weighted by atomic mass is 16.5. The van der Waals surface area contributed by atoms with Gasteiger partial charge in [-0.15, -0.1) is 6.58 Å². The number of ether oxygens (including phenoxy) is 1. The lowest BCUT2D eigenvalue weighted by Crippen LogP contribution is -2.50. The normalized spacial score (nSPS) is 22.2. The molecule has 1 aliphatic rings. The Hall–Kier alpha value is -1.97. The first-order chi connectivity index (χ1) is 9.09. The van der Waals surface area contributed by atoms with Gasteiger partial charge in [0.05, 0.1) is 19.2 Å². The van der Waals surface area contributed by atoms with Crippen LogP contribution in [0.5, 0.6) is 5.75 Å². The van der Waals surface area contributed by atoms with E-state index in [-0.39, 0.29) is 5.54 Å². The average Bonchev–Trinajstić information content (AvgIpc) is 2.68. The molecule has 19 heavy (non-hydrogen) atoms. The van der Waals surface area contributed by atoms with Crippen LogP contribution in [0.1, 0.15) is 12.5 Å². The molecule has 1 aromatic rings. The fourth-order valence-corrected chi connectivity index (χ4v) is 2.48. The van der Waals surface area contributed by atoms with Crippen LogP contribution in [0.3, 0.4) is 0 Å². The summed E-state index contributed by atoms with van der Waals surface area (Å²) >= 11 is 0. The van der Waals surface area contributed by atoms with E-state index in [4.69, 9.17) is 10.5 Å². The molecule has 2 N–H and O–H groups in total. The number of nitrogens with two attached hydrogens (primary N) is 1. The van der Waals surface area contributed by atoms with Crippen molar-refractivity contribution >= 4 is 5.96 Å². The maximum atomic E-state index is 5.95. The summed E-state index contributed by atoms with van der Waals surface area (Å²) < 4.78 is 5.17. The molecule has 4 heteroatoms. The number of methoxy groups -OCH3 is 1. The molecule has 102 valence electrons. The van der Waals surface area contributed by atoms with Gasteiger partial charge in [-0.3, -0.25) is 4.99 Å². The lowest BCUT2D eigenvalue weighted by Gasteiger charge is -2.35. The molecule has 1 heterocycles. The highest BCUT2D eigenvalue weighted by Gasteiger charge is 2.37. The van der Waals surface area contributed by atoms with Crippen molar-refractivity contribution in [3.05, 3.63) is 42.5 Å². The second-order valence-electron chi connectivity index (χ2n) is 5.10. The van der Waals surface area contributed by atoms with Gasteiger partial charge in [0.2, 0.25) is 0 Å². The Balaban J connectivity index is 2.14. The zero-order chi connectivity index (χ0) is 13.9. The lowest BCUT2D eigenvalue weighted by atomic mass is 9.92. The van der Waals surface area contributed by atoms with E-state index in [1.54, 1.807) is 7.11 Å². The van der Waals surface area contributed by atoms with Crippen molar-refractivity contribution in [2.45, 2.75) is 18.9 Å². The van der Waals surface area contributed by atoms with E-state index in [2.05, 4.69) is 35.5 Å². The van der Waals surface area contributed by atoms with Gasteiger partial charge < -0.3 is 15.4 Å². The molecule has 0 radical (unpaired) electrons. The number of benzene rings is 1. The number of hydrogen-bond donors (Lipinski definition) is 1. The molecule has 2 rings (SSSR count). The van der Waals surface area contributed by atoms with Crippen molar-refractivity contribution in [2.24, 2.45) is 10.7 Å². The maximum absolute atomic E-state index is 5.95. The van der Waals surface area contributed by atoms with Gasteiger partial charge in [-0.1, -0.05) is 18.2 Å². The van der Waals surface area contributed by atoms with Gasteiger partial charge in [-0.05, 0) is 31.0 Å². The lowest BCUT2D eigenvalue weighted by molar-refractivity contribution is 0.239. The molecular formula is C15H21N3O. The summed E-state index contributed by atoms with van der Waals surface area (Å²) in [5.41, 5.74) is 7.12. The Morgan fingerprint density at radius 2 is 2.16 bits per heavy atom. The number of hydrogen-bond acceptors (Lipinski definition) is 4. The van der Waals surface area contributed by atoms with E-state index in [0.717, 1.165) is 25.3 Å². The Labute approximate surface area is 114 Å². The SMILES string of the molecule is C=CCN1C(N)=NCC1(C)Cc1ccc(OC)cc1. The first kappa shape index (κ1) is 13.5. The van der Waals surface area contributed by atoms with Crippen LogP contribution >= 0.6 is 0 Å². The van der Waals surface area contributed by atoms with Crippen molar-refractivity contribution in [2.75, 3.05) is 20.2 Å². The van der Waals surface area contributed by atoms with Crippen molar-refractivity contribution in [1.29, 1.82) is 0 Å². The molecule has 1 aromatic carbocycles. The van der Waals surface area contributed by atoms with Crippen LogP contribution in [0.4, 0.5) is 0 Å². The van der Waals surface area contributed by atoms with Crippen molar-refractivity contribution in [3.8, 4) is 5.75 Å². The first-order valence-electron chi connectivity index (χ1n) is 6.40. The molecule has 0 saturated heterocycles. The highest BCUT2D eigenvalue weighted by molar-refractivity contribution is 5.81. The third kappa shape index (κ3) is 2.72. The third-order valence-electron chi connectivity index (χ3n) is 3.57. The zero-order valence-corrected chi connectivity index (χ0v) is 11.6. The number of guanidine groups is 1. The number of rotatable bonds is 5. The molecule has 1 unspecified atom stereocenters. The summed E-state index contributed by atoms with van der Waals surface area (Å²) in [6.45, 7) is 7.41. The fraction of sp³-hybridized carbons (Fsp3) is 0.400. The number of nitrogens with zero attached hydrogens (tertiary/aromatic N) is 2. The molecule has 0 fully saturated rings. The Morgan fingerprint density at radius 3 is 2.74 bits per heavy atom. The topological polar surface area (TPSA) is 50.8 Å². The molecule has 0 aliphatic carbocycles. The van der Waals surface area contributed by atoms with E-state index >= 15 is 0 Å². The van der Waals surface area contributed by atoms with Crippen LogP contribution in [0.15, 0.2) is 41.9 Å². The van der Waals surface area contributed by atoms with Crippen molar-refractivity contribution < 1.29 is 4.74 Å². The van der Waals surface area contributed by atoms with E-state index in [1.165, 1.54) is 5.56 Å². The van der Waals surface area contributed by atoms with Gasteiger partial charge in [-0.2, -0.15) is 0 Å². The predicted octanol–water partition coefficient (Wildman–Crippen LogP) is 1.81. The predicted molar refractivity (Wildman–Crippen MR) is 78.5 cm³/mol. The van der Waals surface area contributed by atoms with Crippen molar-refractivity contribution in [3.63, 3.8) is 0 Å². The van der Waals surface area contributed by atoms with Gasteiger partial charge in [0, 0.05) is 6.54 Å². The highest BCUT2D eigenvalue weighted by Crippen LogP contribution is 2.26. The second kappa shape index (κ2) is 5.34. The summed E-state index contributed by atoms with van der Waals surface area (Å²) in [6.07, 6.45) is 2.76. The molecule has 1 aliphatic heterocycles. The zero-order valence-electron chi connectivity index (χ0n) is 11.6. The minimum atomic E-state index is -0.0765. The van der Waals surface area contributed by atoms with Gasteiger partial charge in [-0.25, -0.2) is 0 Å². The van der Waals surface area contributed by atoms with Crippen LogP contribution in [0.25, 0.3) is 0 Å². The minimum absolute atomic E-state index is 0.0765. The first-order valence-corrected chi connectivity index (χ1v) is 6.40. The summed E-state index contributed by atoms with van der Waals surface area (Å²) in [5, 5.41) is 0. The Morgan fingerprint density at radius 1 is 1.47 bits per heavy atom. The standard InChI is InChI=1S/C15H21N3O/c1-4-9-18-14(16)17-11-15(18,2)10-12-5-7-13(19-3)8-6-12/h4-8H,1,9-11H2,2-3H3,(H2,16,17). The van der Waals surface area contributed by atoms with E-state index in [9.17, 15) is 0 Å². The van der Waals surface area contributed by atoms with Gasteiger partial charge in [0.1, 0.15) is 5.75 Å². The molecule has 0 amide bonds. The average molecular weight is 259 g/mol. The molecule has 0 bridgehead atoms. The second-order valence-corrected chi connectivity index (χ2v) is 5.10. The summed E-state index contributed by atoms with van der Waals surface area (Å²) in [7, 11) is 1.67. The monoisotopic (exact) mass is 259 g/mol. The molecular weight excluding hydrogens is 238 g/mol. The molecule has 0 saturated carbocycles. The van der Waals surface area contributed by atoms with Crippen LogP contribution < -0.4 is 10.5 Å². The summed E-state index contributed by atoms with van der Waals surface area (Å²) in [5.74, 6) is 1.48. The van der Waals surface area contributed by atoms with Gasteiger partial charge >= 0.3 is 0 Å². The smallest absolute Gasteiger partial charge is 0.192 e. The molecule has 4 nitrogen and oxygen atoms in total. The fourth-order valence-electron chi connectivity index (χ4n) is 2.48. The van der Waals surface area contributed by atoms with Crippen LogP contribution in [0.2, 0.25) is 0 Å². The van der Waals surface area contributed by atoms with E-state index in [0.29, 0.717) is 5.96 Å². The Kier molecular flexibility index (Phi) is 3.79. The largest absolute Gasteiger partial charge is 0.497 e. The maximum Gasteiger partial charge on any atom is 0.192 e. The Bertz CT molecular complexity index is 481. The third-order valence-corrected chi connectivity index (χ3v) is 3.57. The quantitative estimate of drug-likeness (QED) is 0.821.